The Balaban J connectivity index is 2.25. The summed E-state index contributed by atoms with van der Waals surface area (Å²) in [5, 5.41) is 24.7. The van der Waals surface area contributed by atoms with Gasteiger partial charge in [0.1, 0.15) is 6.04 Å². The van der Waals surface area contributed by atoms with Gasteiger partial charge in [-0.2, -0.15) is 11.8 Å². The van der Waals surface area contributed by atoms with E-state index in [1.807, 2.05) is 18.4 Å². The van der Waals surface area contributed by atoms with Crippen molar-refractivity contribution >= 4 is 34.2 Å². The maximum atomic E-state index is 11.3. The quantitative estimate of drug-likeness (QED) is 0.569. The van der Waals surface area contributed by atoms with Crippen LogP contribution >= 0.6 is 11.8 Å². The van der Waals surface area contributed by atoms with Gasteiger partial charge in [0, 0.05) is 12.6 Å². The highest BCUT2D eigenvalue weighted by Crippen LogP contribution is 2.27. The second kappa shape index (κ2) is 7.94. The summed E-state index contributed by atoms with van der Waals surface area (Å²) in [5.41, 5.74) is 0.906. The number of nitrogens with one attached hydrogen (secondary N) is 1. The molecule has 23 heavy (non-hydrogen) atoms. The molecule has 0 saturated heterocycles. The first kappa shape index (κ1) is 17.2. The Bertz CT molecular complexity index is 720. The first-order valence-electron chi connectivity index (χ1n) is 7.14. The predicted octanol–water partition coefficient (Wildman–Crippen LogP) is 3.04. The van der Waals surface area contributed by atoms with Crippen molar-refractivity contribution in [2.45, 2.75) is 19.0 Å². The lowest BCUT2D eigenvalue weighted by Gasteiger charge is -2.15. The number of nitro groups is 1. The maximum Gasteiger partial charge on any atom is 0.320 e. The Kier molecular flexibility index (Phi) is 5.95. The SMILES string of the molecule is CSCC[C@H](NCc1cccc2c([N+](=O)[O-])cccc12)C(=O)O. The van der Waals surface area contributed by atoms with E-state index in [0.717, 1.165) is 16.7 Å². The number of carboxylic acids is 1. The Labute approximate surface area is 138 Å². The Hall–Kier alpha value is -2.12. The van der Waals surface area contributed by atoms with Gasteiger partial charge in [-0.1, -0.05) is 24.3 Å². The molecular formula is C16H18N2O4S. The number of non-ortho nitro benzene ring substituents is 1. The largest absolute Gasteiger partial charge is 0.480 e. The summed E-state index contributed by atoms with van der Waals surface area (Å²) in [6.07, 6.45) is 2.46. The number of thioether (sulfide) groups is 1. The van der Waals surface area contributed by atoms with Crippen LogP contribution in [0, 0.1) is 10.1 Å². The second-order valence-electron chi connectivity index (χ2n) is 5.10. The lowest BCUT2D eigenvalue weighted by molar-refractivity contribution is -0.383. The van der Waals surface area contributed by atoms with E-state index in [9.17, 15) is 20.0 Å². The van der Waals surface area contributed by atoms with Crippen molar-refractivity contribution in [3.63, 3.8) is 0 Å². The van der Waals surface area contributed by atoms with Gasteiger partial charge in [0.25, 0.3) is 5.69 Å². The third kappa shape index (κ3) is 4.20. The molecule has 0 aliphatic carbocycles. The minimum absolute atomic E-state index is 0.0570. The molecule has 2 aromatic rings. The number of hydrogen-bond acceptors (Lipinski definition) is 5. The fraction of sp³-hybridized carbons (Fsp3) is 0.312. The van der Waals surface area contributed by atoms with Crippen molar-refractivity contribution in [1.29, 1.82) is 0 Å². The molecule has 0 heterocycles. The van der Waals surface area contributed by atoms with Crippen LogP contribution in [-0.4, -0.2) is 34.0 Å². The van der Waals surface area contributed by atoms with Crippen molar-refractivity contribution in [2.75, 3.05) is 12.0 Å². The summed E-state index contributed by atoms with van der Waals surface area (Å²) >= 11 is 1.60. The monoisotopic (exact) mass is 334 g/mol. The number of hydrogen-bond donors (Lipinski definition) is 2. The molecule has 0 bridgehead atoms. The van der Waals surface area contributed by atoms with Crippen LogP contribution in [0.25, 0.3) is 10.8 Å². The fourth-order valence-electron chi connectivity index (χ4n) is 2.45. The molecule has 1 atom stereocenters. The molecule has 0 aromatic heterocycles. The summed E-state index contributed by atoms with van der Waals surface area (Å²) in [7, 11) is 0. The van der Waals surface area contributed by atoms with E-state index in [4.69, 9.17) is 0 Å². The van der Waals surface area contributed by atoms with Crippen LogP contribution in [0.2, 0.25) is 0 Å². The molecule has 7 heteroatoms. The average molecular weight is 334 g/mol. The molecule has 0 radical (unpaired) electrons. The lowest BCUT2D eigenvalue weighted by atomic mass is 10.0. The number of benzene rings is 2. The highest BCUT2D eigenvalue weighted by atomic mass is 32.2. The number of carbonyl (C=O) groups is 1. The minimum Gasteiger partial charge on any atom is -0.480 e. The van der Waals surface area contributed by atoms with E-state index in [1.165, 1.54) is 6.07 Å². The molecule has 0 aliphatic rings. The highest BCUT2D eigenvalue weighted by Gasteiger charge is 2.17. The molecule has 122 valence electrons. The predicted molar refractivity (Wildman–Crippen MR) is 91.9 cm³/mol. The first-order chi connectivity index (χ1) is 11.0. The van der Waals surface area contributed by atoms with E-state index in [2.05, 4.69) is 5.32 Å². The molecule has 2 N–H and O–H groups in total. The zero-order valence-corrected chi connectivity index (χ0v) is 13.5. The average Bonchev–Trinajstić information content (AvgIpc) is 2.53. The molecule has 0 saturated carbocycles. The van der Waals surface area contributed by atoms with Gasteiger partial charge in [-0.3, -0.25) is 14.9 Å². The van der Waals surface area contributed by atoms with Crippen LogP contribution in [0.15, 0.2) is 36.4 Å². The summed E-state index contributed by atoms with van der Waals surface area (Å²) in [4.78, 5) is 22.0. The lowest BCUT2D eigenvalue weighted by Crippen LogP contribution is -2.36. The van der Waals surface area contributed by atoms with E-state index in [1.54, 1.807) is 30.0 Å². The van der Waals surface area contributed by atoms with Gasteiger partial charge in [-0.25, -0.2) is 0 Å². The fourth-order valence-corrected chi connectivity index (χ4v) is 2.92. The molecule has 0 amide bonds. The van der Waals surface area contributed by atoms with Gasteiger partial charge in [0.2, 0.25) is 0 Å². The number of carboxylic acid groups (broad SMARTS) is 1. The van der Waals surface area contributed by atoms with E-state index < -0.39 is 16.9 Å². The highest BCUT2D eigenvalue weighted by molar-refractivity contribution is 7.98. The third-order valence-corrected chi connectivity index (χ3v) is 4.28. The minimum atomic E-state index is -0.884. The molecule has 6 nitrogen and oxygen atoms in total. The van der Waals surface area contributed by atoms with E-state index in [0.29, 0.717) is 18.4 Å². The Morgan fingerprint density at radius 1 is 1.30 bits per heavy atom. The van der Waals surface area contributed by atoms with Gasteiger partial charge >= 0.3 is 5.97 Å². The van der Waals surface area contributed by atoms with Crippen LogP contribution in [0.5, 0.6) is 0 Å². The summed E-state index contributed by atoms with van der Waals surface area (Å²) in [6.45, 7) is 0.351. The summed E-state index contributed by atoms with van der Waals surface area (Å²) in [5.74, 6) is -0.129. The molecule has 0 unspecified atom stereocenters. The molecule has 0 fully saturated rings. The zero-order chi connectivity index (χ0) is 16.8. The van der Waals surface area contributed by atoms with Crippen molar-refractivity contribution in [1.82, 2.24) is 5.32 Å². The number of nitro benzene ring substituents is 1. The van der Waals surface area contributed by atoms with Gasteiger partial charge in [-0.05, 0) is 35.4 Å². The number of nitrogens with zero attached hydrogens (tertiary/aromatic N) is 1. The number of rotatable bonds is 8. The molecule has 2 rings (SSSR count). The Morgan fingerprint density at radius 2 is 2.00 bits per heavy atom. The third-order valence-electron chi connectivity index (χ3n) is 3.63. The van der Waals surface area contributed by atoms with E-state index in [-0.39, 0.29) is 5.69 Å². The standard InChI is InChI=1S/C16H18N2O4S/c1-23-9-8-14(16(19)20)17-10-11-4-2-6-13-12(11)5-3-7-15(13)18(21)22/h2-7,14,17H,8-10H2,1H3,(H,19,20)/t14-/m0/s1. The van der Waals surface area contributed by atoms with Crippen LogP contribution < -0.4 is 5.32 Å². The van der Waals surface area contributed by atoms with Gasteiger partial charge in [0.05, 0.1) is 10.3 Å². The van der Waals surface area contributed by atoms with Gasteiger partial charge in [-0.15, -0.1) is 0 Å². The van der Waals surface area contributed by atoms with Crippen molar-refractivity contribution in [3.05, 3.63) is 52.1 Å². The molecule has 0 aliphatic heterocycles. The smallest absolute Gasteiger partial charge is 0.320 e. The van der Waals surface area contributed by atoms with Crippen molar-refractivity contribution in [3.8, 4) is 0 Å². The van der Waals surface area contributed by atoms with Gasteiger partial charge in [0.15, 0.2) is 0 Å². The molecule has 0 spiro atoms. The topological polar surface area (TPSA) is 92.5 Å². The van der Waals surface area contributed by atoms with Gasteiger partial charge < -0.3 is 10.4 Å². The first-order valence-corrected chi connectivity index (χ1v) is 8.54. The van der Waals surface area contributed by atoms with Crippen LogP contribution in [0.1, 0.15) is 12.0 Å². The van der Waals surface area contributed by atoms with E-state index >= 15 is 0 Å². The van der Waals surface area contributed by atoms with Crippen molar-refractivity contribution in [2.24, 2.45) is 0 Å². The van der Waals surface area contributed by atoms with Crippen LogP contribution in [0.3, 0.4) is 0 Å². The van der Waals surface area contributed by atoms with Crippen LogP contribution in [-0.2, 0) is 11.3 Å². The maximum absolute atomic E-state index is 11.3. The summed E-state index contributed by atoms with van der Waals surface area (Å²) < 4.78 is 0. The number of fused-ring (bicyclic) bond motifs is 1. The molecular weight excluding hydrogens is 316 g/mol. The number of aliphatic carboxylic acids is 1. The normalized spacial score (nSPS) is 12.2. The van der Waals surface area contributed by atoms with Crippen LogP contribution in [0.4, 0.5) is 5.69 Å². The Morgan fingerprint density at radius 3 is 2.65 bits per heavy atom. The zero-order valence-electron chi connectivity index (χ0n) is 12.7. The van der Waals surface area contributed by atoms with Crippen molar-refractivity contribution < 1.29 is 14.8 Å². The molecule has 2 aromatic carbocycles. The summed E-state index contributed by atoms with van der Waals surface area (Å²) in [6, 6.07) is 9.62. The second-order valence-corrected chi connectivity index (χ2v) is 6.09.